The highest BCUT2D eigenvalue weighted by Gasteiger charge is 2.37. The fourth-order valence-electron chi connectivity index (χ4n) is 2.63. The molecule has 1 saturated carbocycles. The number of benzene rings is 1. The molecule has 1 aromatic carbocycles. The third-order valence-electron chi connectivity index (χ3n) is 3.95. The molecule has 0 unspecified atom stereocenters. The number of aromatic nitrogens is 1. The van der Waals surface area contributed by atoms with Crippen LogP contribution in [0.2, 0.25) is 0 Å². The molecular weight excluding hydrogens is 264 g/mol. The lowest BCUT2D eigenvalue weighted by Crippen LogP contribution is -2.41. The van der Waals surface area contributed by atoms with Crippen molar-refractivity contribution in [2.75, 3.05) is 6.54 Å². The number of nitrogens with one attached hydrogen (secondary N) is 1. The van der Waals surface area contributed by atoms with Gasteiger partial charge in [0, 0.05) is 33.5 Å². The van der Waals surface area contributed by atoms with E-state index >= 15 is 0 Å². The van der Waals surface area contributed by atoms with Gasteiger partial charge in [0.15, 0.2) is 0 Å². The molecule has 16 heavy (non-hydrogen) atoms. The first kappa shape index (κ1) is 10.4. The summed E-state index contributed by atoms with van der Waals surface area (Å²) < 4.78 is 1.13. The molecule has 1 fully saturated rings. The Kier molecular flexibility index (Phi) is 2.33. The summed E-state index contributed by atoms with van der Waals surface area (Å²) >= 11 is 3.53. The lowest BCUT2D eigenvalue weighted by molar-refractivity contribution is 0.253. The molecule has 0 aliphatic heterocycles. The molecule has 2 aromatic rings. The molecule has 0 bridgehead atoms. The minimum atomic E-state index is 0.256. The largest absolute Gasteiger partial charge is 0.360 e. The highest BCUT2D eigenvalue weighted by atomic mass is 79.9. The van der Waals surface area contributed by atoms with Crippen LogP contribution in [0.1, 0.15) is 24.8 Å². The van der Waals surface area contributed by atoms with Gasteiger partial charge in [-0.25, -0.2) is 0 Å². The molecule has 3 rings (SSSR count). The summed E-state index contributed by atoms with van der Waals surface area (Å²) in [5.74, 6) is 0. The fraction of sp³-hybridized carbons (Fsp3) is 0.385. The van der Waals surface area contributed by atoms with Crippen molar-refractivity contribution in [3.63, 3.8) is 0 Å². The number of hydrogen-bond donors (Lipinski definition) is 2. The van der Waals surface area contributed by atoms with Gasteiger partial charge in [-0.15, -0.1) is 0 Å². The molecule has 1 heterocycles. The number of H-pyrrole nitrogens is 1. The minimum absolute atomic E-state index is 0.256. The van der Waals surface area contributed by atoms with E-state index in [1.165, 1.54) is 35.7 Å². The van der Waals surface area contributed by atoms with Gasteiger partial charge in [-0.3, -0.25) is 0 Å². The van der Waals surface area contributed by atoms with Crippen molar-refractivity contribution < 1.29 is 0 Å². The Hall–Kier alpha value is -0.800. The standard InChI is InChI=1S/C13H15BrN2/c14-11-7-16-12-6-9(2-3-10(11)12)13(8-15)4-1-5-13/h2-3,6-7,16H,1,4-5,8,15H2. The van der Waals surface area contributed by atoms with E-state index in [2.05, 4.69) is 39.1 Å². The average Bonchev–Trinajstić information content (AvgIpc) is 2.60. The summed E-state index contributed by atoms with van der Waals surface area (Å²) in [6.07, 6.45) is 5.77. The first-order chi connectivity index (χ1) is 7.75. The Morgan fingerprint density at radius 1 is 1.38 bits per heavy atom. The van der Waals surface area contributed by atoms with E-state index < -0.39 is 0 Å². The van der Waals surface area contributed by atoms with Gasteiger partial charge in [0.2, 0.25) is 0 Å². The van der Waals surface area contributed by atoms with Crippen LogP contribution in [0, 0.1) is 0 Å². The highest BCUT2D eigenvalue weighted by Crippen LogP contribution is 2.43. The molecule has 0 amide bonds. The van der Waals surface area contributed by atoms with Crippen LogP contribution in [0.4, 0.5) is 0 Å². The lowest BCUT2D eigenvalue weighted by atomic mass is 9.64. The van der Waals surface area contributed by atoms with Crippen molar-refractivity contribution in [3.05, 3.63) is 34.4 Å². The zero-order chi connectivity index (χ0) is 11.2. The molecule has 1 aliphatic rings. The molecule has 3 heteroatoms. The molecule has 3 N–H and O–H groups in total. The Labute approximate surface area is 103 Å². The highest BCUT2D eigenvalue weighted by molar-refractivity contribution is 9.10. The van der Waals surface area contributed by atoms with E-state index in [0.29, 0.717) is 0 Å². The summed E-state index contributed by atoms with van der Waals surface area (Å²) in [6, 6.07) is 6.67. The predicted molar refractivity (Wildman–Crippen MR) is 70.6 cm³/mol. The van der Waals surface area contributed by atoms with Crippen LogP contribution in [-0.2, 0) is 5.41 Å². The summed E-state index contributed by atoms with van der Waals surface area (Å²) in [6.45, 7) is 0.764. The molecule has 0 atom stereocenters. The van der Waals surface area contributed by atoms with Gasteiger partial charge in [0.25, 0.3) is 0 Å². The van der Waals surface area contributed by atoms with E-state index in [0.717, 1.165) is 11.0 Å². The Morgan fingerprint density at radius 3 is 2.81 bits per heavy atom. The second-order valence-electron chi connectivity index (χ2n) is 4.73. The molecule has 1 aliphatic carbocycles. The van der Waals surface area contributed by atoms with Gasteiger partial charge in [-0.2, -0.15) is 0 Å². The van der Waals surface area contributed by atoms with E-state index in [1.807, 2.05) is 6.20 Å². The number of nitrogens with two attached hydrogens (primary N) is 1. The van der Waals surface area contributed by atoms with Crippen molar-refractivity contribution in [1.82, 2.24) is 4.98 Å². The maximum Gasteiger partial charge on any atom is 0.0468 e. The Bertz CT molecular complexity index is 520. The SMILES string of the molecule is NCC1(c2ccc3c(Br)c[nH]c3c2)CCC1. The van der Waals surface area contributed by atoms with Gasteiger partial charge >= 0.3 is 0 Å². The smallest absolute Gasteiger partial charge is 0.0468 e. The predicted octanol–water partition coefficient (Wildman–Crippen LogP) is 3.31. The number of rotatable bonds is 2. The van der Waals surface area contributed by atoms with Gasteiger partial charge < -0.3 is 10.7 Å². The molecule has 1 aromatic heterocycles. The topological polar surface area (TPSA) is 41.8 Å². The van der Waals surface area contributed by atoms with E-state index in [-0.39, 0.29) is 5.41 Å². The summed E-state index contributed by atoms with van der Waals surface area (Å²) in [4.78, 5) is 3.28. The molecule has 2 nitrogen and oxygen atoms in total. The van der Waals surface area contributed by atoms with Crippen LogP contribution in [-0.4, -0.2) is 11.5 Å². The van der Waals surface area contributed by atoms with Crippen LogP contribution in [0.15, 0.2) is 28.9 Å². The summed E-state index contributed by atoms with van der Waals surface area (Å²) in [5, 5.41) is 1.25. The van der Waals surface area contributed by atoms with Crippen LogP contribution < -0.4 is 5.73 Å². The number of fused-ring (bicyclic) bond motifs is 1. The fourth-order valence-corrected chi connectivity index (χ4v) is 3.10. The zero-order valence-electron chi connectivity index (χ0n) is 9.09. The first-order valence-electron chi connectivity index (χ1n) is 5.72. The lowest BCUT2D eigenvalue weighted by Gasteiger charge is -2.41. The third-order valence-corrected chi connectivity index (χ3v) is 4.60. The normalized spacial score (nSPS) is 18.6. The summed E-state index contributed by atoms with van der Waals surface area (Å²) in [5.41, 5.74) is 8.78. The molecular formula is C13H15BrN2. The van der Waals surface area contributed by atoms with Crippen molar-refractivity contribution in [2.45, 2.75) is 24.7 Å². The number of halogens is 1. The second-order valence-corrected chi connectivity index (χ2v) is 5.59. The maximum absolute atomic E-state index is 5.93. The monoisotopic (exact) mass is 278 g/mol. The van der Waals surface area contributed by atoms with Gasteiger partial charge in [0.1, 0.15) is 0 Å². The Morgan fingerprint density at radius 2 is 2.19 bits per heavy atom. The van der Waals surface area contributed by atoms with Crippen molar-refractivity contribution in [1.29, 1.82) is 0 Å². The molecule has 0 radical (unpaired) electrons. The first-order valence-corrected chi connectivity index (χ1v) is 6.52. The van der Waals surface area contributed by atoms with Crippen LogP contribution in [0.5, 0.6) is 0 Å². The van der Waals surface area contributed by atoms with Crippen LogP contribution in [0.25, 0.3) is 10.9 Å². The van der Waals surface area contributed by atoms with Crippen molar-refractivity contribution in [3.8, 4) is 0 Å². The van der Waals surface area contributed by atoms with Crippen LogP contribution >= 0.6 is 15.9 Å². The quantitative estimate of drug-likeness (QED) is 0.870. The van der Waals surface area contributed by atoms with Crippen LogP contribution in [0.3, 0.4) is 0 Å². The van der Waals surface area contributed by atoms with E-state index in [1.54, 1.807) is 0 Å². The van der Waals surface area contributed by atoms with E-state index in [9.17, 15) is 0 Å². The number of aromatic amines is 1. The average molecular weight is 279 g/mol. The molecule has 0 spiro atoms. The minimum Gasteiger partial charge on any atom is -0.360 e. The molecule has 0 saturated heterocycles. The van der Waals surface area contributed by atoms with Gasteiger partial charge in [0.05, 0.1) is 0 Å². The van der Waals surface area contributed by atoms with Crippen molar-refractivity contribution in [2.24, 2.45) is 5.73 Å². The van der Waals surface area contributed by atoms with E-state index in [4.69, 9.17) is 5.73 Å². The number of hydrogen-bond acceptors (Lipinski definition) is 1. The van der Waals surface area contributed by atoms with Crippen molar-refractivity contribution >= 4 is 26.8 Å². The molecule has 84 valence electrons. The third kappa shape index (κ3) is 1.35. The van der Waals surface area contributed by atoms with Gasteiger partial charge in [-0.05, 0) is 40.4 Å². The second kappa shape index (κ2) is 3.60. The van der Waals surface area contributed by atoms with Gasteiger partial charge in [-0.1, -0.05) is 18.6 Å². The Balaban J connectivity index is 2.11. The summed E-state index contributed by atoms with van der Waals surface area (Å²) in [7, 11) is 0. The maximum atomic E-state index is 5.93. The zero-order valence-corrected chi connectivity index (χ0v) is 10.7.